The van der Waals surface area contributed by atoms with E-state index in [-0.39, 0.29) is 18.5 Å². The highest BCUT2D eigenvalue weighted by atomic mass is 19.1. The fraction of sp³-hybridized carbons (Fsp3) is 0.208. The lowest BCUT2D eigenvalue weighted by Gasteiger charge is -2.35. The molecule has 2 aromatic carbocycles. The van der Waals surface area contributed by atoms with Crippen molar-refractivity contribution in [3.05, 3.63) is 66.1 Å². The van der Waals surface area contributed by atoms with E-state index in [4.69, 9.17) is 4.74 Å². The summed E-state index contributed by atoms with van der Waals surface area (Å²) in [6.07, 6.45) is 3.97. The van der Waals surface area contributed by atoms with Gasteiger partial charge in [-0.1, -0.05) is 0 Å². The molecule has 5 rings (SSSR count). The van der Waals surface area contributed by atoms with Crippen LogP contribution < -0.4 is 14.5 Å². The van der Waals surface area contributed by atoms with Gasteiger partial charge in [0.15, 0.2) is 5.82 Å². The standard InChI is InChI=1S/C24H19F2N7O2/c1-31(19-6-9-35-22-5-3-15(25)10-17(19)22)23-21(32(14-34)8-7-27)12-28-24(30-23)33-13-29-18-4-2-16(26)11-20(18)33/h2-5,10-14,19H,6,8-9H2,1H3/t19-/m1/s1. The first-order valence-corrected chi connectivity index (χ1v) is 10.7. The Labute approximate surface area is 198 Å². The zero-order valence-electron chi connectivity index (χ0n) is 18.6. The fourth-order valence-electron chi connectivity index (χ4n) is 4.23. The molecule has 35 heavy (non-hydrogen) atoms. The molecule has 0 N–H and O–H groups in total. The van der Waals surface area contributed by atoms with E-state index in [1.165, 1.54) is 46.3 Å². The van der Waals surface area contributed by atoms with Crippen LogP contribution in [0.25, 0.3) is 17.0 Å². The molecule has 0 radical (unpaired) electrons. The molecule has 9 nitrogen and oxygen atoms in total. The maximum atomic E-state index is 14.1. The SMILES string of the molecule is CN(c1nc(-n2cnc3ccc(F)cc32)ncc1N(C=O)CC#N)[C@@H]1CCOc2ccc(F)cc21. The van der Waals surface area contributed by atoms with Crippen LogP contribution in [0, 0.1) is 23.0 Å². The highest BCUT2D eigenvalue weighted by Crippen LogP contribution is 2.40. The molecule has 176 valence electrons. The second kappa shape index (κ2) is 8.98. The number of anilines is 2. The maximum Gasteiger partial charge on any atom is 0.237 e. The number of halogens is 2. The summed E-state index contributed by atoms with van der Waals surface area (Å²) in [6, 6.07) is 10.1. The third-order valence-electron chi connectivity index (χ3n) is 5.92. The monoisotopic (exact) mass is 475 g/mol. The van der Waals surface area contributed by atoms with Crippen molar-refractivity contribution in [2.45, 2.75) is 12.5 Å². The third-order valence-corrected chi connectivity index (χ3v) is 5.92. The molecule has 0 bridgehead atoms. The zero-order valence-corrected chi connectivity index (χ0v) is 18.6. The summed E-state index contributed by atoms with van der Waals surface area (Å²) < 4.78 is 35.2. The van der Waals surface area contributed by atoms with E-state index in [0.29, 0.717) is 53.3 Å². The molecule has 3 heterocycles. The molecule has 0 saturated heterocycles. The van der Waals surface area contributed by atoms with Gasteiger partial charge in [-0.05, 0) is 30.3 Å². The van der Waals surface area contributed by atoms with Crippen LogP contribution >= 0.6 is 0 Å². The molecule has 0 saturated carbocycles. The molecular weight excluding hydrogens is 456 g/mol. The number of aromatic nitrogens is 4. The van der Waals surface area contributed by atoms with Crippen molar-refractivity contribution in [1.29, 1.82) is 5.26 Å². The predicted octanol–water partition coefficient (Wildman–Crippen LogP) is 3.54. The number of imidazole rings is 1. The van der Waals surface area contributed by atoms with Gasteiger partial charge in [-0.3, -0.25) is 14.3 Å². The largest absolute Gasteiger partial charge is 0.493 e. The molecule has 0 unspecified atom stereocenters. The Morgan fingerprint density at radius 2 is 2.03 bits per heavy atom. The lowest BCUT2D eigenvalue weighted by Crippen LogP contribution is -2.33. The van der Waals surface area contributed by atoms with E-state index in [0.717, 1.165) is 0 Å². The van der Waals surface area contributed by atoms with Gasteiger partial charge >= 0.3 is 0 Å². The molecule has 1 aliphatic heterocycles. The van der Waals surface area contributed by atoms with Crippen molar-refractivity contribution < 1.29 is 18.3 Å². The average molecular weight is 475 g/mol. The van der Waals surface area contributed by atoms with Crippen LogP contribution in [0.2, 0.25) is 0 Å². The van der Waals surface area contributed by atoms with Crippen molar-refractivity contribution in [2.75, 3.05) is 30.0 Å². The lowest BCUT2D eigenvalue weighted by atomic mass is 9.99. The summed E-state index contributed by atoms with van der Waals surface area (Å²) in [7, 11) is 1.77. The highest BCUT2D eigenvalue weighted by Gasteiger charge is 2.29. The van der Waals surface area contributed by atoms with Gasteiger partial charge < -0.3 is 9.64 Å². The Bertz CT molecular complexity index is 1470. The second-order valence-corrected chi connectivity index (χ2v) is 7.96. The number of ether oxygens (including phenoxy) is 1. The normalized spacial score (nSPS) is 14.6. The number of fused-ring (bicyclic) bond motifs is 2. The van der Waals surface area contributed by atoms with Gasteiger partial charge in [0.25, 0.3) is 0 Å². The van der Waals surface area contributed by atoms with Crippen LogP contribution in [0.3, 0.4) is 0 Å². The number of nitriles is 1. The lowest BCUT2D eigenvalue weighted by molar-refractivity contribution is -0.107. The van der Waals surface area contributed by atoms with Gasteiger partial charge in [0.1, 0.15) is 35.9 Å². The van der Waals surface area contributed by atoms with Gasteiger partial charge in [-0.25, -0.2) is 18.7 Å². The van der Waals surface area contributed by atoms with Gasteiger partial charge in [0.2, 0.25) is 12.4 Å². The summed E-state index contributed by atoms with van der Waals surface area (Å²) in [5, 5.41) is 9.21. The predicted molar refractivity (Wildman–Crippen MR) is 123 cm³/mol. The smallest absolute Gasteiger partial charge is 0.237 e. The van der Waals surface area contributed by atoms with Crippen LogP contribution in [-0.4, -0.2) is 46.1 Å². The Balaban J connectivity index is 1.66. The van der Waals surface area contributed by atoms with Crippen molar-refractivity contribution in [2.24, 2.45) is 0 Å². The molecule has 4 aromatic rings. The summed E-state index contributed by atoms with van der Waals surface area (Å²) in [6.45, 7) is 0.188. The first-order valence-electron chi connectivity index (χ1n) is 10.7. The number of rotatable bonds is 6. The van der Waals surface area contributed by atoms with Crippen LogP contribution in [0.15, 0.2) is 48.9 Å². The summed E-state index contributed by atoms with van der Waals surface area (Å²) >= 11 is 0. The first-order chi connectivity index (χ1) is 17.0. The van der Waals surface area contributed by atoms with Crippen LogP contribution in [-0.2, 0) is 4.79 Å². The van der Waals surface area contributed by atoms with Crippen molar-refractivity contribution in [3.63, 3.8) is 0 Å². The van der Waals surface area contributed by atoms with Gasteiger partial charge in [0.05, 0.1) is 35.9 Å². The summed E-state index contributed by atoms with van der Waals surface area (Å²) in [4.78, 5) is 28.1. The maximum absolute atomic E-state index is 14.1. The van der Waals surface area contributed by atoms with Crippen LogP contribution in [0.1, 0.15) is 18.0 Å². The topological polar surface area (TPSA) is 100 Å². The molecule has 11 heteroatoms. The van der Waals surface area contributed by atoms with E-state index in [1.54, 1.807) is 24.1 Å². The van der Waals surface area contributed by atoms with E-state index in [1.807, 2.05) is 6.07 Å². The summed E-state index contributed by atoms with van der Waals surface area (Å²) in [5.74, 6) is 0.249. The Kier molecular flexibility index (Phi) is 5.70. The van der Waals surface area contributed by atoms with Crippen LogP contribution in [0.5, 0.6) is 5.75 Å². The molecular formula is C24H19F2N7O2. The van der Waals surface area contributed by atoms with Gasteiger partial charge in [-0.2, -0.15) is 10.2 Å². The molecule has 0 spiro atoms. The van der Waals surface area contributed by atoms with Crippen LogP contribution in [0.4, 0.5) is 20.3 Å². The minimum absolute atomic E-state index is 0.193. The molecule has 1 amide bonds. The van der Waals surface area contributed by atoms with Gasteiger partial charge in [-0.15, -0.1) is 0 Å². The van der Waals surface area contributed by atoms with Crippen molar-refractivity contribution in [3.8, 4) is 17.8 Å². The molecule has 1 aliphatic rings. The minimum Gasteiger partial charge on any atom is -0.493 e. The molecule has 0 aliphatic carbocycles. The third kappa shape index (κ3) is 3.99. The number of carbonyl (C=O) groups is 1. The molecule has 1 atom stereocenters. The van der Waals surface area contributed by atoms with Crippen molar-refractivity contribution >= 4 is 28.9 Å². The second-order valence-electron chi connectivity index (χ2n) is 7.96. The van der Waals surface area contributed by atoms with E-state index >= 15 is 0 Å². The molecule has 0 fully saturated rings. The average Bonchev–Trinajstić information content (AvgIpc) is 3.29. The minimum atomic E-state index is -0.435. The number of nitrogens with zero attached hydrogens (tertiary/aromatic N) is 7. The number of carbonyl (C=O) groups excluding carboxylic acids is 1. The Hall–Kier alpha value is -4.59. The Morgan fingerprint density at radius 1 is 1.23 bits per heavy atom. The first kappa shape index (κ1) is 22.2. The van der Waals surface area contributed by atoms with Gasteiger partial charge in [0, 0.05) is 25.1 Å². The zero-order chi connectivity index (χ0) is 24.5. The van der Waals surface area contributed by atoms with Crippen molar-refractivity contribution in [1.82, 2.24) is 19.5 Å². The molecule has 2 aromatic heterocycles. The fourth-order valence-corrected chi connectivity index (χ4v) is 4.23. The number of hydrogen-bond acceptors (Lipinski definition) is 7. The highest BCUT2D eigenvalue weighted by molar-refractivity contribution is 5.83. The Morgan fingerprint density at radius 3 is 2.83 bits per heavy atom. The number of benzene rings is 2. The summed E-state index contributed by atoms with van der Waals surface area (Å²) in [5.41, 5.74) is 1.96. The van der Waals surface area contributed by atoms with E-state index in [9.17, 15) is 18.8 Å². The van der Waals surface area contributed by atoms with E-state index < -0.39 is 11.6 Å². The number of hydrogen-bond donors (Lipinski definition) is 0. The van der Waals surface area contributed by atoms with E-state index in [2.05, 4.69) is 15.0 Å². The quantitative estimate of drug-likeness (QED) is 0.311. The number of amides is 1.